The molecule has 7 heteroatoms. The van der Waals surface area contributed by atoms with Crippen LogP contribution in [0.25, 0.3) is 0 Å². The van der Waals surface area contributed by atoms with E-state index in [1.807, 2.05) is 0 Å². The molecule has 0 saturated heterocycles. The van der Waals surface area contributed by atoms with Gasteiger partial charge in [0.2, 0.25) is 11.9 Å². The average Bonchev–Trinajstić information content (AvgIpc) is 3.28. The number of hydrogen-bond acceptors (Lipinski definition) is 5. The van der Waals surface area contributed by atoms with Crippen LogP contribution in [0, 0.1) is 23.6 Å². The Hall–Kier alpha value is -3.14. The third-order valence-electron chi connectivity index (χ3n) is 5.17. The lowest BCUT2D eigenvalue weighted by atomic mass is 10.1. The van der Waals surface area contributed by atoms with E-state index in [0.29, 0.717) is 41.8 Å². The molecule has 2 aromatic rings. The number of carbonyl (C=O) groups is 1. The van der Waals surface area contributed by atoms with E-state index in [1.165, 1.54) is 37.8 Å². The summed E-state index contributed by atoms with van der Waals surface area (Å²) >= 11 is 0. The summed E-state index contributed by atoms with van der Waals surface area (Å²) < 4.78 is 13.4. The number of halogens is 1. The van der Waals surface area contributed by atoms with Crippen molar-refractivity contribution in [1.82, 2.24) is 15.3 Å². The molecule has 31 heavy (non-hydrogen) atoms. The first-order valence-corrected chi connectivity index (χ1v) is 11.0. The Labute approximate surface area is 183 Å². The zero-order chi connectivity index (χ0) is 21.9. The first-order valence-electron chi connectivity index (χ1n) is 11.0. The summed E-state index contributed by atoms with van der Waals surface area (Å²) in [6, 6.07) is 6.14. The molecular weight excluding hydrogens is 393 g/mol. The lowest BCUT2D eigenvalue weighted by Gasteiger charge is -2.10. The van der Waals surface area contributed by atoms with E-state index in [9.17, 15) is 9.18 Å². The van der Waals surface area contributed by atoms with Crippen LogP contribution in [-0.2, 0) is 4.79 Å². The summed E-state index contributed by atoms with van der Waals surface area (Å²) in [6.07, 6.45) is 8.43. The van der Waals surface area contributed by atoms with Gasteiger partial charge < -0.3 is 16.0 Å². The van der Waals surface area contributed by atoms with Crippen LogP contribution in [0.4, 0.5) is 21.8 Å². The van der Waals surface area contributed by atoms with Crippen LogP contribution in [0.2, 0.25) is 0 Å². The Kier molecular flexibility index (Phi) is 8.65. The Balaban J connectivity index is 1.57. The number of nitrogens with zero attached hydrogens (tertiary/aromatic N) is 2. The van der Waals surface area contributed by atoms with Gasteiger partial charge in [0, 0.05) is 31.6 Å². The Morgan fingerprint density at radius 1 is 1.29 bits per heavy atom. The predicted molar refractivity (Wildman–Crippen MR) is 122 cm³/mol. The molecule has 0 bridgehead atoms. The van der Waals surface area contributed by atoms with Crippen molar-refractivity contribution in [3.63, 3.8) is 0 Å². The van der Waals surface area contributed by atoms with Gasteiger partial charge in [-0.25, -0.2) is 9.37 Å². The third-order valence-corrected chi connectivity index (χ3v) is 5.17. The van der Waals surface area contributed by atoms with Crippen molar-refractivity contribution in [1.29, 1.82) is 0 Å². The minimum atomic E-state index is -0.330. The number of anilines is 3. The molecule has 1 aliphatic carbocycles. The number of benzene rings is 1. The van der Waals surface area contributed by atoms with Gasteiger partial charge in [-0.15, -0.1) is 0 Å². The van der Waals surface area contributed by atoms with Crippen LogP contribution in [0.5, 0.6) is 0 Å². The summed E-state index contributed by atoms with van der Waals surface area (Å²) in [5.41, 5.74) is 1.24. The predicted octanol–water partition coefficient (Wildman–Crippen LogP) is 4.62. The number of hydrogen-bond donors (Lipinski definition) is 3. The fraction of sp³-hybridized carbons (Fsp3) is 0.458. The highest BCUT2D eigenvalue weighted by Crippen LogP contribution is 2.23. The minimum absolute atomic E-state index is 0.0522. The van der Waals surface area contributed by atoms with E-state index in [1.54, 1.807) is 18.3 Å². The van der Waals surface area contributed by atoms with Crippen molar-refractivity contribution >= 4 is 23.4 Å². The van der Waals surface area contributed by atoms with Crippen molar-refractivity contribution in [2.45, 2.75) is 51.9 Å². The van der Waals surface area contributed by atoms with Crippen molar-refractivity contribution in [2.75, 3.05) is 23.7 Å². The van der Waals surface area contributed by atoms with Crippen LogP contribution in [0.1, 0.15) is 57.4 Å². The first kappa shape index (κ1) is 22.5. The molecule has 0 spiro atoms. The highest BCUT2D eigenvalue weighted by atomic mass is 19.1. The van der Waals surface area contributed by atoms with E-state index in [4.69, 9.17) is 0 Å². The fourth-order valence-electron chi connectivity index (χ4n) is 3.50. The van der Waals surface area contributed by atoms with Gasteiger partial charge in [0.15, 0.2) is 0 Å². The minimum Gasteiger partial charge on any atom is -0.369 e. The molecule has 1 amide bonds. The van der Waals surface area contributed by atoms with Crippen molar-refractivity contribution in [3.05, 3.63) is 41.8 Å². The highest BCUT2D eigenvalue weighted by molar-refractivity contribution is 5.76. The molecular formula is C24H30FN5O. The van der Waals surface area contributed by atoms with Gasteiger partial charge in [0.25, 0.3) is 0 Å². The molecule has 6 nitrogen and oxygen atoms in total. The Bertz CT molecular complexity index is 931. The maximum atomic E-state index is 13.4. The van der Waals surface area contributed by atoms with Gasteiger partial charge in [-0.2, -0.15) is 4.98 Å². The van der Waals surface area contributed by atoms with Crippen LogP contribution < -0.4 is 16.0 Å². The zero-order valence-corrected chi connectivity index (χ0v) is 18.0. The average molecular weight is 424 g/mol. The Morgan fingerprint density at radius 3 is 2.90 bits per heavy atom. The maximum Gasteiger partial charge on any atom is 0.229 e. The summed E-state index contributed by atoms with van der Waals surface area (Å²) in [4.78, 5) is 20.8. The largest absolute Gasteiger partial charge is 0.369 e. The van der Waals surface area contributed by atoms with Gasteiger partial charge in [0.1, 0.15) is 11.6 Å². The molecule has 3 N–H and O–H groups in total. The second-order valence-electron chi connectivity index (χ2n) is 7.77. The molecule has 0 atom stereocenters. The topological polar surface area (TPSA) is 78.9 Å². The number of amides is 1. The monoisotopic (exact) mass is 423 g/mol. The van der Waals surface area contributed by atoms with Gasteiger partial charge in [-0.1, -0.05) is 37.7 Å². The van der Waals surface area contributed by atoms with Crippen molar-refractivity contribution in [3.8, 4) is 11.8 Å². The molecule has 0 radical (unpaired) electrons. The van der Waals surface area contributed by atoms with E-state index in [0.717, 1.165) is 19.5 Å². The molecule has 1 aromatic carbocycles. The second-order valence-corrected chi connectivity index (χ2v) is 7.77. The second kappa shape index (κ2) is 11.9. The number of carbonyl (C=O) groups excluding carboxylic acids is 1. The summed E-state index contributed by atoms with van der Waals surface area (Å²) in [5.74, 6) is 7.46. The number of nitrogens with one attached hydrogen (secondary N) is 3. The molecule has 164 valence electrons. The summed E-state index contributed by atoms with van der Waals surface area (Å²) in [6.45, 7) is 3.59. The van der Waals surface area contributed by atoms with Gasteiger partial charge in [-0.05, 0) is 43.4 Å². The lowest BCUT2D eigenvalue weighted by Crippen LogP contribution is -2.27. The van der Waals surface area contributed by atoms with E-state index in [-0.39, 0.29) is 11.7 Å². The molecule has 3 rings (SSSR count). The van der Waals surface area contributed by atoms with Gasteiger partial charge in [-0.3, -0.25) is 4.79 Å². The van der Waals surface area contributed by atoms with Crippen LogP contribution in [0.3, 0.4) is 0 Å². The summed E-state index contributed by atoms with van der Waals surface area (Å²) in [5, 5.41) is 9.28. The fourth-order valence-corrected chi connectivity index (χ4v) is 3.50. The quantitative estimate of drug-likeness (QED) is 0.513. The molecule has 0 aliphatic heterocycles. The van der Waals surface area contributed by atoms with Gasteiger partial charge in [0.05, 0.1) is 11.8 Å². The maximum absolute atomic E-state index is 13.4. The van der Waals surface area contributed by atoms with E-state index in [2.05, 4.69) is 44.7 Å². The number of aromatic nitrogens is 2. The molecule has 1 aromatic heterocycles. The molecule has 1 aliphatic rings. The third kappa shape index (κ3) is 7.56. The van der Waals surface area contributed by atoms with Gasteiger partial charge >= 0.3 is 0 Å². The van der Waals surface area contributed by atoms with Crippen molar-refractivity contribution < 1.29 is 9.18 Å². The normalized spacial score (nSPS) is 13.4. The Morgan fingerprint density at radius 2 is 2.13 bits per heavy atom. The SMILES string of the molecule is CCCNc1nc(Nc2cccc(F)c2)ncc1C#CCCC(=O)NCC1CCCC1. The van der Waals surface area contributed by atoms with Crippen LogP contribution in [-0.4, -0.2) is 29.0 Å². The zero-order valence-electron chi connectivity index (χ0n) is 18.0. The standard InChI is InChI=1S/C24H30FN5O/c1-2-14-26-23-19(10-5-6-13-22(31)27-16-18-8-3-4-9-18)17-28-24(30-23)29-21-12-7-11-20(25)15-21/h7,11-12,15,17-18H,2-4,6,8-9,13-14,16H2,1H3,(H,27,31)(H2,26,28,29,30). The van der Waals surface area contributed by atoms with Crippen LogP contribution >= 0.6 is 0 Å². The van der Waals surface area contributed by atoms with E-state index >= 15 is 0 Å². The van der Waals surface area contributed by atoms with Crippen LogP contribution in [0.15, 0.2) is 30.5 Å². The molecule has 1 heterocycles. The molecule has 1 saturated carbocycles. The first-order chi connectivity index (χ1) is 15.1. The molecule has 1 fully saturated rings. The number of rotatable bonds is 9. The smallest absolute Gasteiger partial charge is 0.229 e. The summed E-state index contributed by atoms with van der Waals surface area (Å²) in [7, 11) is 0. The molecule has 0 unspecified atom stereocenters. The van der Waals surface area contributed by atoms with Crippen molar-refractivity contribution in [2.24, 2.45) is 5.92 Å². The lowest BCUT2D eigenvalue weighted by molar-refractivity contribution is -0.121. The van der Waals surface area contributed by atoms with E-state index < -0.39 is 0 Å². The highest BCUT2D eigenvalue weighted by Gasteiger charge is 2.15.